The van der Waals surface area contributed by atoms with E-state index in [9.17, 15) is 18.0 Å². The first-order valence-electron chi connectivity index (χ1n) is 6.38. The van der Waals surface area contributed by atoms with E-state index in [0.717, 1.165) is 17.6 Å². The molecule has 3 nitrogen and oxygen atoms in total. The van der Waals surface area contributed by atoms with Crippen molar-refractivity contribution in [2.75, 3.05) is 0 Å². The quantitative estimate of drug-likeness (QED) is 0.765. The van der Waals surface area contributed by atoms with Gasteiger partial charge < -0.3 is 9.67 Å². The highest BCUT2D eigenvalue weighted by molar-refractivity contribution is 5.94. The zero-order valence-corrected chi connectivity index (χ0v) is 11.1. The molecule has 1 N–H and O–H groups in total. The van der Waals surface area contributed by atoms with Crippen LogP contribution in [-0.2, 0) is 6.18 Å². The zero-order valence-electron chi connectivity index (χ0n) is 11.1. The van der Waals surface area contributed by atoms with E-state index in [-0.39, 0.29) is 5.56 Å². The molecular weight excluding hydrogens is 295 g/mol. The van der Waals surface area contributed by atoms with E-state index in [2.05, 4.69) is 0 Å². The summed E-state index contributed by atoms with van der Waals surface area (Å²) in [6.45, 7) is 0. The van der Waals surface area contributed by atoms with Crippen LogP contribution < -0.4 is 0 Å². The topological polar surface area (TPSA) is 42.2 Å². The van der Waals surface area contributed by atoms with Gasteiger partial charge >= 0.3 is 12.1 Å². The van der Waals surface area contributed by atoms with Gasteiger partial charge in [0.15, 0.2) is 0 Å². The molecule has 0 aliphatic carbocycles. The van der Waals surface area contributed by atoms with Gasteiger partial charge in [-0.05, 0) is 48.5 Å². The third-order valence-electron chi connectivity index (χ3n) is 3.41. The highest BCUT2D eigenvalue weighted by atomic mass is 19.4. The molecule has 2 aromatic carbocycles. The van der Waals surface area contributed by atoms with Gasteiger partial charge in [-0.25, -0.2) is 4.79 Å². The predicted molar refractivity (Wildman–Crippen MR) is 75.2 cm³/mol. The number of benzene rings is 2. The summed E-state index contributed by atoms with van der Waals surface area (Å²) >= 11 is 0. The molecule has 0 spiro atoms. The summed E-state index contributed by atoms with van der Waals surface area (Å²) in [6.07, 6.45) is -2.67. The molecule has 22 heavy (non-hydrogen) atoms. The summed E-state index contributed by atoms with van der Waals surface area (Å²) in [5, 5.41) is 9.67. The standard InChI is InChI=1S/C16H10F3NO2/c17-16(18,19)12-2-4-13(5-3-12)20-8-7-10-9-11(15(21)22)1-6-14(10)20/h1-9H,(H,21,22). The van der Waals surface area contributed by atoms with Crippen LogP contribution in [0, 0.1) is 0 Å². The number of fused-ring (bicyclic) bond motifs is 1. The average molecular weight is 305 g/mol. The zero-order chi connectivity index (χ0) is 15.9. The van der Waals surface area contributed by atoms with Crippen LogP contribution >= 0.6 is 0 Å². The third kappa shape index (κ3) is 2.43. The summed E-state index contributed by atoms with van der Waals surface area (Å²) in [6, 6.07) is 11.2. The Morgan fingerprint density at radius 1 is 1.00 bits per heavy atom. The summed E-state index contributed by atoms with van der Waals surface area (Å²) in [5.74, 6) is -1.02. The number of aromatic carboxylic acids is 1. The van der Waals surface area contributed by atoms with Crippen molar-refractivity contribution >= 4 is 16.9 Å². The van der Waals surface area contributed by atoms with Gasteiger partial charge in [-0.1, -0.05) is 0 Å². The van der Waals surface area contributed by atoms with E-state index in [1.165, 1.54) is 24.3 Å². The van der Waals surface area contributed by atoms with Crippen molar-refractivity contribution in [2.45, 2.75) is 6.18 Å². The van der Waals surface area contributed by atoms with Gasteiger partial charge in [0.2, 0.25) is 0 Å². The molecule has 0 saturated carbocycles. The molecule has 6 heteroatoms. The Labute approximate surface area is 123 Å². The number of hydrogen-bond donors (Lipinski definition) is 1. The molecule has 1 heterocycles. The van der Waals surface area contributed by atoms with Gasteiger partial charge in [-0.15, -0.1) is 0 Å². The maximum Gasteiger partial charge on any atom is 0.416 e. The second kappa shape index (κ2) is 4.91. The lowest BCUT2D eigenvalue weighted by atomic mass is 10.1. The van der Waals surface area contributed by atoms with E-state index >= 15 is 0 Å². The van der Waals surface area contributed by atoms with Crippen LogP contribution in [0.25, 0.3) is 16.6 Å². The molecule has 0 radical (unpaired) electrons. The molecule has 3 rings (SSSR count). The van der Waals surface area contributed by atoms with Gasteiger partial charge in [-0.3, -0.25) is 0 Å². The summed E-state index contributed by atoms with van der Waals surface area (Å²) in [5.41, 5.74) is 0.759. The van der Waals surface area contributed by atoms with Crippen LogP contribution in [0.1, 0.15) is 15.9 Å². The number of carbonyl (C=O) groups is 1. The first kappa shape index (κ1) is 14.2. The molecule has 0 aliphatic heterocycles. The number of aromatic nitrogens is 1. The molecule has 0 unspecified atom stereocenters. The molecule has 112 valence electrons. The first-order valence-corrected chi connectivity index (χ1v) is 6.38. The molecule has 0 fully saturated rings. The lowest BCUT2D eigenvalue weighted by Gasteiger charge is -2.09. The largest absolute Gasteiger partial charge is 0.478 e. The van der Waals surface area contributed by atoms with Crippen LogP contribution in [-0.4, -0.2) is 15.6 Å². The number of rotatable bonds is 2. The van der Waals surface area contributed by atoms with Gasteiger partial charge in [-0.2, -0.15) is 13.2 Å². The van der Waals surface area contributed by atoms with Crippen molar-refractivity contribution < 1.29 is 23.1 Å². The van der Waals surface area contributed by atoms with Crippen molar-refractivity contribution in [3.8, 4) is 5.69 Å². The first-order chi connectivity index (χ1) is 10.4. The van der Waals surface area contributed by atoms with Gasteiger partial charge in [0, 0.05) is 17.3 Å². The maximum absolute atomic E-state index is 12.6. The Hall–Kier alpha value is -2.76. The number of halogens is 3. The highest BCUT2D eigenvalue weighted by Gasteiger charge is 2.30. The van der Waals surface area contributed by atoms with Crippen LogP contribution in [0.3, 0.4) is 0 Å². The molecular formula is C16H10F3NO2. The van der Waals surface area contributed by atoms with Gasteiger partial charge in [0.1, 0.15) is 0 Å². The van der Waals surface area contributed by atoms with Crippen molar-refractivity contribution in [1.82, 2.24) is 4.57 Å². The predicted octanol–water partition coefficient (Wildman–Crippen LogP) is 4.35. The molecule has 0 aliphatic rings. The molecule has 0 saturated heterocycles. The Morgan fingerprint density at radius 2 is 1.68 bits per heavy atom. The molecule has 0 bridgehead atoms. The SMILES string of the molecule is O=C(O)c1ccc2c(ccn2-c2ccc(C(F)(F)F)cc2)c1. The number of carboxylic acid groups (broad SMARTS) is 1. The van der Waals surface area contributed by atoms with E-state index < -0.39 is 17.7 Å². The second-order valence-electron chi connectivity index (χ2n) is 4.81. The maximum atomic E-state index is 12.6. The van der Waals surface area contributed by atoms with E-state index in [4.69, 9.17) is 5.11 Å². The Bertz CT molecular complexity index is 848. The summed E-state index contributed by atoms with van der Waals surface area (Å²) < 4.78 is 39.4. The Morgan fingerprint density at radius 3 is 2.27 bits per heavy atom. The smallest absolute Gasteiger partial charge is 0.416 e. The lowest BCUT2D eigenvalue weighted by Crippen LogP contribution is -2.04. The summed E-state index contributed by atoms with van der Waals surface area (Å²) in [4.78, 5) is 10.9. The van der Waals surface area contributed by atoms with Crippen LogP contribution in [0.5, 0.6) is 0 Å². The van der Waals surface area contributed by atoms with Crippen LogP contribution in [0.4, 0.5) is 13.2 Å². The molecule has 0 amide bonds. The Kier molecular flexibility index (Phi) is 3.16. The normalized spacial score (nSPS) is 11.8. The van der Waals surface area contributed by atoms with Crippen molar-refractivity contribution in [3.05, 3.63) is 65.9 Å². The van der Waals surface area contributed by atoms with E-state index in [1.807, 2.05) is 0 Å². The lowest BCUT2D eigenvalue weighted by molar-refractivity contribution is -0.137. The minimum Gasteiger partial charge on any atom is -0.478 e. The van der Waals surface area contributed by atoms with E-state index in [0.29, 0.717) is 11.1 Å². The number of nitrogens with zero attached hydrogens (tertiary/aromatic N) is 1. The number of alkyl halides is 3. The molecule has 3 aromatic rings. The minimum absolute atomic E-state index is 0.165. The fourth-order valence-corrected chi connectivity index (χ4v) is 2.31. The average Bonchev–Trinajstić information content (AvgIpc) is 2.89. The van der Waals surface area contributed by atoms with Gasteiger partial charge in [0.05, 0.1) is 16.6 Å². The monoisotopic (exact) mass is 305 g/mol. The minimum atomic E-state index is -4.37. The van der Waals surface area contributed by atoms with E-state index in [1.54, 1.807) is 22.9 Å². The third-order valence-corrected chi connectivity index (χ3v) is 3.41. The van der Waals surface area contributed by atoms with Gasteiger partial charge in [0.25, 0.3) is 0 Å². The van der Waals surface area contributed by atoms with Crippen LogP contribution in [0.15, 0.2) is 54.7 Å². The van der Waals surface area contributed by atoms with Crippen LogP contribution in [0.2, 0.25) is 0 Å². The highest BCUT2D eigenvalue weighted by Crippen LogP contribution is 2.30. The fraction of sp³-hybridized carbons (Fsp3) is 0.0625. The van der Waals surface area contributed by atoms with Crippen molar-refractivity contribution in [1.29, 1.82) is 0 Å². The number of hydrogen-bond acceptors (Lipinski definition) is 1. The molecule has 1 aromatic heterocycles. The van der Waals surface area contributed by atoms with Crippen molar-refractivity contribution in [3.63, 3.8) is 0 Å². The Balaban J connectivity index is 2.05. The number of carboxylic acids is 1. The second-order valence-corrected chi connectivity index (χ2v) is 4.81. The fourth-order valence-electron chi connectivity index (χ4n) is 2.31. The summed E-state index contributed by atoms with van der Waals surface area (Å²) in [7, 11) is 0. The molecule has 0 atom stereocenters. The van der Waals surface area contributed by atoms with Crippen molar-refractivity contribution in [2.24, 2.45) is 0 Å².